The molecule has 2 heterocycles. The third-order valence-corrected chi connectivity index (χ3v) is 5.59. The number of hydrogen-bond donors (Lipinski definition) is 0. The van der Waals surface area contributed by atoms with E-state index in [0.717, 1.165) is 12.2 Å². The maximum absolute atomic E-state index is 11.9. The van der Waals surface area contributed by atoms with Gasteiger partial charge in [-0.1, -0.05) is 13.8 Å². The molecule has 23 heavy (non-hydrogen) atoms. The van der Waals surface area contributed by atoms with Crippen LogP contribution in [0.15, 0.2) is 22.8 Å². The van der Waals surface area contributed by atoms with Gasteiger partial charge in [0.1, 0.15) is 0 Å². The highest BCUT2D eigenvalue weighted by Gasteiger charge is 2.20. The van der Waals surface area contributed by atoms with Crippen molar-refractivity contribution in [3.8, 4) is 0 Å². The van der Waals surface area contributed by atoms with Gasteiger partial charge in [0.15, 0.2) is 0 Å². The van der Waals surface area contributed by atoms with E-state index in [4.69, 9.17) is 0 Å². The zero-order valence-electron chi connectivity index (χ0n) is 14.4. The molecule has 2 rings (SSSR count). The van der Waals surface area contributed by atoms with Gasteiger partial charge in [-0.25, -0.2) is 13.4 Å². The molecule has 0 fully saturated rings. The Morgan fingerprint density at radius 2 is 2.04 bits per heavy atom. The van der Waals surface area contributed by atoms with E-state index in [-0.39, 0.29) is 5.16 Å². The Bertz CT molecular complexity index is 760. The molecule has 0 N–H and O–H groups in total. The van der Waals surface area contributed by atoms with E-state index in [0.29, 0.717) is 19.0 Å². The lowest BCUT2D eigenvalue weighted by Crippen LogP contribution is -2.21. The van der Waals surface area contributed by atoms with Crippen LogP contribution in [-0.2, 0) is 29.5 Å². The number of thiophene rings is 1. The molecule has 0 aromatic carbocycles. The van der Waals surface area contributed by atoms with Crippen LogP contribution in [-0.4, -0.2) is 36.2 Å². The molecule has 0 bridgehead atoms. The van der Waals surface area contributed by atoms with Gasteiger partial charge in [0.2, 0.25) is 15.0 Å². The molecular formula is C16H25N3O2S2. The van der Waals surface area contributed by atoms with Crippen molar-refractivity contribution < 1.29 is 8.42 Å². The quantitative estimate of drug-likeness (QED) is 0.766. The zero-order chi connectivity index (χ0) is 17.2. The molecule has 0 aliphatic heterocycles. The molecule has 128 valence electrons. The number of aryl methyl sites for hydroxylation is 1. The van der Waals surface area contributed by atoms with E-state index >= 15 is 0 Å². The van der Waals surface area contributed by atoms with Crippen LogP contribution in [0.2, 0.25) is 0 Å². The lowest BCUT2D eigenvalue weighted by atomic mass is 10.2. The highest BCUT2D eigenvalue weighted by atomic mass is 32.2. The molecule has 0 radical (unpaired) electrons. The summed E-state index contributed by atoms with van der Waals surface area (Å²) in [6.07, 6.45) is 2.91. The molecule has 0 unspecified atom stereocenters. The fraction of sp³-hybridized carbons (Fsp3) is 0.562. The third kappa shape index (κ3) is 4.65. The summed E-state index contributed by atoms with van der Waals surface area (Å²) in [6, 6.07) is 2.12. The summed E-state index contributed by atoms with van der Waals surface area (Å²) < 4.78 is 25.7. The second-order valence-electron chi connectivity index (χ2n) is 6.51. The summed E-state index contributed by atoms with van der Waals surface area (Å²) in [5, 5.41) is 2.27. The molecule has 2 aromatic rings. The Hall–Kier alpha value is -1.18. The van der Waals surface area contributed by atoms with Gasteiger partial charge in [-0.05, 0) is 36.9 Å². The topological polar surface area (TPSA) is 55.2 Å². The number of hydrogen-bond acceptors (Lipinski definition) is 5. The van der Waals surface area contributed by atoms with Crippen LogP contribution in [0.1, 0.15) is 30.0 Å². The van der Waals surface area contributed by atoms with Crippen LogP contribution in [0.4, 0.5) is 0 Å². The molecule has 0 amide bonds. The van der Waals surface area contributed by atoms with Crippen molar-refractivity contribution in [1.29, 1.82) is 0 Å². The summed E-state index contributed by atoms with van der Waals surface area (Å²) in [6.45, 7) is 8.45. The van der Waals surface area contributed by atoms with E-state index in [1.54, 1.807) is 17.5 Å². The van der Waals surface area contributed by atoms with Crippen LogP contribution in [0, 0.1) is 12.8 Å². The lowest BCUT2D eigenvalue weighted by molar-refractivity contribution is 0.306. The van der Waals surface area contributed by atoms with Gasteiger partial charge in [-0.15, -0.1) is 11.3 Å². The molecule has 0 saturated heterocycles. The van der Waals surface area contributed by atoms with Gasteiger partial charge < -0.3 is 4.57 Å². The van der Waals surface area contributed by atoms with Gasteiger partial charge in [0.25, 0.3) is 0 Å². The van der Waals surface area contributed by atoms with Crippen LogP contribution >= 0.6 is 11.3 Å². The monoisotopic (exact) mass is 355 g/mol. The number of aromatic nitrogens is 2. The van der Waals surface area contributed by atoms with Crippen molar-refractivity contribution in [2.75, 3.05) is 13.3 Å². The average molecular weight is 356 g/mol. The predicted molar refractivity (Wildman–Crippen MR) is 94.4 cm³/mol. The Morgan fingerprint density at radius 3 is 2.57 bits per heavy atom. The van der Waals surface area contributed by atoms with E-state index in [1.807, 2.05) is 11.6 Å². The first-order chi connectivity index (χ1) is 10.7. The van der Waals surface area contributed by atoms with Gasteiger partial charge in [-0.3, -0.25) is 4.90 Å². The predicted octanol–water partition coefficient (Wildman–Crippen LogP) is 2.94. The lowest BCUT2D eigenvalue weighted by Gasteiger charge is -2.19. The fourth-order valence-electron chi connectivity index (χ4n) is 2.52. The normalized spacial score (nSPS) is 12.5. The largest absolute Gasteiger partial charge is 0.317 e. The molecule has 7 heteroatoms. The second kappa shape index (κ2) is 7.15. The van der Waals surface area contributed by atoms with Crippen molar-refractivity contribution in [3.63, 3.8) is 0 Å². The highest BCUT2D eigenvalue weighted by molar-refractivity contribution is 7.90. The van der Waals surface area contributed by atoms with Crippen molar-refractivity contribution in [2.45, 2.75) is 45.6 Å². The maximum atomic E-state index is 11.9. The SMILES string of the molecule is Cc1ccsc1CN(C)Cc1cnc(S(C)(=O)=O)n1CC(C)C. The molecule has 5 nitrogen and oxygen atoms in total. The minimum Gasteiger partial charge on any atom is -0.317 e. The zero-order valence-corrected chi connectivity index (χ0v) is 16.0. The molecule has 0 spiro atoms. The summed E-state index contributed by atoms with van der Waals surface area (Å²) in [5.74, 6) is 0.355. The van der Waals surface area contributed by atoms with E-state index in [9.17, 15) is 8.42 Å². The van der Waals surface area contributed by atoms with Gasteiger partial charge in [-0.2, -0.15) is 0 Å². The minimum atomic E-state index is -3.32. The van der Waals surface area contributed by atoms with E-state index < -0.39 is 9.84 Å². The molecule has 0 atom stereocenters. The summed E-state index contributed by atoms with van der Waals surface area (Å²) in [4.78, 5) is 7.69. The van der Waals surface area contributed by atoms with Crippen molar-refractivity contribution >= 4 is 21.2 Å². The van der Waals surface area contributed by atoms with Crippen molar-refractivity contribution in [3.05, 3.63) is 33.8 Å². The average Bonchev–Trinajstić information content (AvgIpc) is 2.96. The van der Waals surface area contributed by atoms with Gasteiger partial charge in [0.05, 0.1) is 11.9 Å². The first kappa shape index (κ1) is 18.2. The Labute approximate surface area is 142 Å². The van der Waals surface area contributed by atoms with E-state index in [1.165, 1.54) is 16.7 Å². The molecule has 0 saturated carbocycles. The molecule has 0 aliphatic carbocycles. The fourth-order valence-corrected chi connectivity index (χ4v) is 4.34. The first-order valence-electron chi connectivity index (χ1n) is 7.64. The second-order valence-corrected chi connectivity index (χ2v) is 9.42. The standard InChI is InChI=1S/C16H25N3O2S2/c1-12(2)9-19-14(8-17-16(19)23(5,20)21)10-18(4)11-15-13(3)6-7-22-15/h6-8,12H,9-11H2,1-5H3. The van der Waals surface area contributed by atoms with Gasteiger partial charge in [0, 0.05) is 30.8 Å². The Morgan fingerprint density at radius 1 is 1.35 bits per heavy atom. The minimum absolute atomic E-state index is 0.168. The Kier molecular flexibility index (Phi) is 5.65. The number of rotatable bonds is 7. The van der Waals surface area contributed by atoms with Crippen molar-refractivity contribution in [1.82, 2.24) is 14.5 Å². The van der Waals surface area contributed by atoms with Crippen LogP contribution in [0.25, 0.3) is 0 Å². The molecular weight excluding hydrogens is 330 g/mol. The maximum Gasteiger partial charge on any atom is 0.227 e. The van der Waals surface area contributed by atoms with Gasteiger partial charge >= 0.3 is 0 Å². The van der Waals surface area contributed by atoms with E-state index in [2.05, 4.69) is 42.1 Å². The highest BCUT2D eigenvalue weighted by Crippen LogP contribution is 2.20. The molecule has 0 aliphatic rings. The van der Waals surface area contributed by atoms with Crippen LogP contribution < -0.4 is 0 Å². The summed E-state index contributed by atoms with van der Waals surface area (Å²) in [5.41, 5.74) is 2.24. The smallest absolute Gasteiger partial charge is 0.227 e. The number of sulfone groups is 1. The first-order valence-corrected chi connectivity index (χ1v) is 10.4. The summed E-state index contributed by atoms with van der Waals surface area (Å²) >= 11 is 1.75. The van der Waals surface area contributed by atoms with Crippen molar-refractivity contribution in [2.24, 2.45) is 5.92 Å². The third-order valence-electron chi connectivity index (χ3n) is 3.59. The molecule has 2 aromatic heterocycles. The summed E-state index contributed by atoms with van der Waals surface area (Å²) in [7, 11) is -1.27. The van der Waals surface area contributed by atoms with Crippen LogP contribution in [0.3, 0.4) is 0 Å². The Balaban J connectivity index is 2.22. The van der Waals surface area contributed by atoms with Crippen LogP contribution in [0.5, 0.6) is 0 Å². The number of imidazole rings is 1. The number of nitrogens with zero attached hydrogens (tertiary/aromatic N) is 3.